The number of hydrogen-bond donors (Lipinski definition) is 0. The third-order valence-electron chi connectivity index (χ3n) is 4.64. The lowest BCUT2D eigenvalue weighted by molar-refractivity contribution is -0.385. The van der Waals surface area contributed by atoms with Crippen molar-refractivity contribution in [1.82, 2.24) is 9.55 Å². The molecule has 4 aromatic rings. The number of rotatable bonds is 4. The predicted octanol–water partition coefficient (Wildman–Crippen LogP) is 4.35. The Morgan fingerprint density at radius 1 is 0.967 bits per heavy atom. The lowest BCUT2D eigenvalue weighted by Gasteiger charge is -2.13. The van der Waals surface area contributed by atoms with Crippen LogP contribution in [0.2, 0.25) is 0 Å². The van der Waals surface area contributed by atoms with Crippen LogP contribution < -0.4 is 5.56 Å². The molecule has 0 unspecified atom stereocenters. The van der Waals surface area contributed by atoms with Crippen molar-refractivity contribution in [2.75, 3.05) is 0 Å². The molecule has 0 N–H and O–H groups in total. The first-order valence-electron chi connectivity index (χ1n) is 9.01. The van der Waals surface area contributed by atoms with Crippen molar-refractivity contribution in [3.8, 4) is 34.1 Å². The topological polar surface area (TPSA) is 102 Å². The third kappa shape index (κ3) is 3.45. The minimum atomic E-state index is -0.518. The summed E-state index contributed by atoms with van der Waals surface area (Å²) in [7, 11) is 0. The van der Waals surface area contributed by atoms with Gasteiger partial charge in [-0.15, -0.1) is 0 Å². The van der Waals surface area contributed by atoms with Gasteiger partial charge >= 0.3 is 0 Å². The maximum atomic E-state index is 13.3. The van der Waals surface area contributed by atoms with Gasteiger partial charge in [-0.05, 0) is 30.3 Å². The van der Waals surface area contributed by atoms with Gasteiger partial charge in [0.25, 0.3) is 11.2 Å². The van der Waals surface area contributed by atoms with Crippen molar-refractivity contribution < 1.29 is 4.92 Å². The van der Waals surface area contributed by atoms with Gasteiger partial charge in [0, 0.05) is 34.6 Å². The molecule has 144 valence electrons. The summed E-state index contributed by atoms with van der Waals surface area (Å²) in [5, 5.41) is 20.4. The van der Waals surface area contributed by atoms with Crippen LogP contribution in [0.1, 0.15) is 5.56 Å². The average molecular weight is 394 g/mol. The largest absolute Gasteiger partial charge is 0.287 e. The molecule has 7 nitrogen and oxygen atoms in total. The summed E-state index contributed by atoms with van der Waals surface area (Å²) < 4.78 is 1.49. The maximum Gasteiger partial charge on any atom is 0.287 e. The number of hydrogen-bond acceptors (Lipinski definition) is 5. The van der Waals surface area contributed by atoms with Crippen molar-refractivity contribution in [3.63, 3.8) is 0 Å². The Kier molecular flexibility index (Phi) is 4.89. The highest BCUT2D eigenvalue weighted by molar-refractivity contribution is 5.75. The van der Waals surface area contributed by atoms with Crippen molar-refractivity contribution in [1.29, 1.82) is 5.26 Å². The number of pyridine rings is 2. The van der Waals surface area contributed by atoms with E-state index in [9.17, 15) is 20.2 Å². The SMILES string of the molecule is N#Cc1ccccc1-c1cc(-c2ccc([N+](=O)[O-])cn2)cn(-c2ccccc2)c1=O. The van der Waals surface area contributed by atoms with Crippen LogP contribution in [0.15, 0.2) is 90.0 Å². The molecule has 7 heteroatoms. The van der Waals surface area contributed by atoms with Crippen LogP contribution in [0, 0.1) is 21.4 Å². The van der Waals surface area contributed by atoms with Gasteiger partial charge in [0.15, 0.2) is 0 Å². The van der Waals surface area contributed by atoms with E-state index in [1.165, 1.54) is 22.9 Å². The van der Waals surface area contributed by atoms with E-state index >= 15 is 0 Å². The Morgan fingerprint density at radius 2 is 1.70 bits per heavy atom. The summed E-state index contributed by atoms with van der Waals surface area (Å²) in [4.78, 5) is 27.9. The predicted molar refractivity (Wildman–Crippen MR) is 112 cm³/mol. The number of nitro groups is 1. The van der Waals surface area contributed by atoms with Crippen LogP contribution in [0.5, 0.6) is 0 Å². The number of aromatic nitrogens is 2. The first-order valence-corrected chi connectivity index (χ1v) is 9.01. The van der Waals surface area contributed by atoms with Crippen LogP contribution >= 0.6 is 0 Å². The monoisotopic (exact) mass is 394 g/mol. The number of benzene rings is 2. The van der Waals surface area contributed by atoms with Crippen molar-refractivity contribution in [2.24, 2.45) is 0 Å². The summed E-state index contributed by atoms with van der Waals surface area (Å²) in [5.74, 6) is 0. The van der Waals surface area contributed by atoms with E-state index in [-0.39, 0.29) is 11.2 Å². The summed E-state index contributed by atoms with van der Waals surface area (Å²) >= 11 is 0. The number of para-hydroxylation sites is 1. The lowest BCUT2D eigenvalue weighted by Crippen LogP contribution is -2.20. The molecule has 0 aliphatic carbocycles. The van der Waals surface area contributed by atoms with E-state index in [1.807, 2.05) is 18.2 Å². The molecule has 2 aromatic carbocycles. The Bertz CT molecular complexity index is 1340. The molecule has 0 saturated heterocycles. The number of nitriles is 1. The third-order valence-corrected chi connectivity index (χ3v) is 4.64. The van der Waals surface area contributed by atoms with Crippen molar-refractivity contribution in [2.45, 2.75) is 0 Å². The minimum Gasteiger partial charge on any atom is -0.283 e. The quantitative estimate of drug-likeness (QED) is 0.378. The van der Waals surface area contributed by atoms with Crippen molar-refractivity contribution in [3.05, 3.63) is 111 Å². The number of nitrogens with zero attached hydrogens (tertiary/aromatic N) is 4. The molecule has 0 amide bonds. The highest BCUT2D eigenvalue weighted by atomic mass is 16.6. The normalized spacial score (nSPS) is 10.4. The van der Waals surface area contributed by atoms with Gasteiger partial charge in [0.2, 0.25) is 0 Å². The maximum absolute atomic E-state index is 13.3. The van der Waals surface area contributed by atoms with E-state index < -0.39 is 4.92 Å². The molecule has 0 fully saturated rings. The zero-order valence-electron chi connectivity index (χ0n) is 15.6. The van der Waals surface area contributed by atoms with Gasteiger partial charge in [-0.1, -0.05) is 36.4 Å². The smallest absolute Gasteiger partial charge is 0.283 e. The van der Waals surface area contributed by atoms with E-state index in [2.05, 4.69) is 11.1 Å². The van der Waals surface area contributed by atoms with Gasteiger partial charge < -0.3 is 0 Å². The van der Waals surface area contributed by atoms with Gasteiger partial charge in [-0.2, -0.15) is 5.26 Å². The van der Waals surface area contributed by atoms with Crippen LogP contribution in [-0.2, 0) is 0 Å². The molecule has 4 rings (SSSR count). The lowest BCUT2D eigenvalue weighted by atomic mass is 9.99. The Balaban J connectivity index is 1.99. The Labute approximate surface area is 171 Å². The van der Waals surface area contributed by atoms with Crippen LogP contribution in [0.25, 0.3) is 28.1 Å². The molecule has 2 heterocycles. The fourth-order valence-electron chi connectivity index (χ4n) is 3.18. The molecule has 0 aliphatic heterocycles. The minimum absolute atomic E-state index is 0.120. The van der Waals surface area contributed by atoms with E-state index in [4.69, 9.17) is 0 Å². The second-order valence-electron chi connectivity index (χ2n) is 6.47. The van der Waals surface area contributed by atoms with Gasteiger partial charge in [-0.3, -0.25) is 19.5 Å². The second kappa shape index (κ2) is 7.81. The Hall–Kier alpha value is -4.57. The van der Waals surface area contributed by atoms with Crippen LogP contribution in [0.3, 0.4) is 0 Å². The van der Waals surface area contributed by atoms with Gasteiger partial charge in [0.05, 0.1) is 22.2 Å². The highest BCUT2D eigenvalue weighted by Crippen LogP contribution is 2.26. The zero-order chi connectivity index (χ0) is 21.1. The molecular formula is C23H14N4O3. The van der Waals surface area contributed by atoms with Gasteiger partial charge in [0.1, 0.15) is 6.20 Å². The molecule has 0 aliphatic rings. The molecule has 0 saturated carbocycles. The fraction of sp³-hybridized carbons (Fsp3) is 0. The van der Waals surface area contributed by atoms with Crippen LogP contribution in [0.4, 0.5) is 5.69 Å². The molecule has 0 atom stereocenters. The van der Waals surface area contributed by atoms with E-state index in [0.717, 1.165) is 0 Å². The summed E-state index contributed by atoms with van der Waals surface area (Å²) in [5.41, 5.74) is 2.55. The molecule has 0 bridgehead atoms. The molecule has 30 heavy (non-hydrogen) atoms. The highest BCUT2D eigenvalue weighted by Gasteiger charge is 2.15. The van der Waals surface area contributed by atoms with Crippen LogP contribution in [-0.4, -0.2) is 14.5 Å². The van der Waals surface area contributed by atoms with E-state index in [1.54, 1.807) is 48.7 Å². The Morgan fingerprint density at radius 3 is 2.37 bits per heavy atom. The first kappa shape index (κ1) is 18.8. The molecular weight excluding hydrogens is 380 g/mol. The average Bonchev–Trinajstić information content (AvgIpc) is 2.80. The standard InChI is InChI=1S/C23H14N4O3/c24-13-16-6-4-5-9-20(16)21-12-17(22-11-10-19(14-25-22)27(29)30)15-26(23(21)28)18-7-2-1-3-8-18/h1-12,14-15H. The first-order chi connectivity index (χ1) is 14.6. The van der Waals surface area contributed by atoms with E-state index in [0.29, 0.717) is 33.6 Å². The second-order valence-corrected chi connectivity index (χ2v) is 6.47. The molecule has 0 spiro atoms. The van der Waals surface area contributed by atoms with Gasteiger partial charge in [-0.25, -0.2) is 4.98 Å². The summed E-state index contributed by atoms with van der Waals surface area (Å²) in [6.45, 7) is 0. The summed E-state index contributed by atoms with van der Waals surface area (Å²) in [6.07, 6.45) is 2.82. The van der Waals surface area contributed by atoms with Crippen molar-refractivity contribution >= 4 is 5.69 Å². The molecule has 0 radical (unpaired) electrons. The zero-order valence-corrected chi connectivity index (χ0v) is 15.6. The molecule has 2 aromatic heterocycles. The fourth-order valence-corrected chi connectivity index (χ4v) is 3.18. The summed E-state index contributed by atoms with van der Waals surface area (Å²) in [6, 6.07) is 22.6.